The Kier molecular flexibility index (Phi) is 43.9. The molecule has 1 amide bonds. The van der Waals surface area contributed by atoms with Gasteiger partial charge in [0, 0.05) is 6.42 Å². The van der Waals surface area contributed by atoms with Gasteiger partial charge in [-0.2, -0.15) is 0 Å². The van der Waals surface area contributed by atoms with E-state index in [2.05, 4.69) is 31.3 Å². The van der Waals surface area contributed by atoms with E-state index in [0.717, 1.165) is 57.8 Å². The number of rotatable bonds is 50. The fourth-order valence-corrected chi connectivity index (χ4v) is 10.3. The van der Waals surface area contributed by atoms with Crippen LogP contribution in [0.4, 0.5) is 0 Å². The fourth-order valence-electron chi connectivity index (χ4n) is 10.3. The molecule has 0 spiro atoms. The van der Waals surface area contributed by atoms with Crippen LogP contribution >= 0.6 is 0 Å². The van der Waals surface area contributed by atoms with Crippen molar-refractivity contribution in [3.8, 4) is 0 Å². The van der Waals surface area contributed by atoms with Crippen molar-refractivity contribution in [3.05, 3.63) is 24.3 Å². The summed E-state index contributed by atoms with van der Waals surface area (Å²) in [4.78, 5) is 13.2. The van der Waals surface area contributed by atoms with Crippen LogP contribution in [0.1, 0.15) is 264 Å². The Balaban J connectivity index is 1.70. The monoisotopic (exact) mass is 1070 g/mol. The summed E-state index contributed by atoms with van der Waals surface area (Å²) in [5, 5.41) is 87.1. The number of aliphatic hydroxyl groups is 8. The van der Waals surface area contributed by atoms with Crippen LogP contribution in [0.25, 0.3) is 0 Å². The molecule has 0 aromatic carbocycles. The Bertz CT molecular complexity index is 1350. The smallest absolute Gasteiger partial charge is 0.220 e. The third-order valence-electron chi connectivity index (χ3n) is 15.4. The normalized spacial score (nSPS) is 25.1. The summed E-state index contributed by atoms with van der Waals surface area (Å²) in [5.41, 5.74) is 0. The number of hydrogen-bond acceptors (Lipinski definition) is 13. The van der Waals surface area contributed by atoms with E-state index in [1.165, 1.54) is 180 Å². The molecule has 12 unspecified atom stereocenters. The minimum absolute atomic E-state index is 0.246. The Morgan fingerprint density at radius 1 is 0.467 bits per heavy atom. The van der Waals surface area contributed by atoms with Gasteiger partial charge in [0.2, 0.25) is 5.91 Å². The number of aliphatic hydroxyl groups excluding tert-OH is 8. The van der Waals surface area contributed by atoms with E-state index in [-0.39, 0.29) is 18.9 Å². The second-order valence-electron chi connectivity index (χ2n) is 22.2. The third kappa shape index (κ3) is 33.0. The number of amides is 1. The van der Waals surface area contributed by atoms with Gasteiger partial charge in [-0.3, -0.25) is 4.79 Å². The van der Waals surface area contributed by atoms with E-state index >= 15 is 0 Å². The highest BCUT2D eigenvalue weighted by atomic mass is 16.7. The summed E-state index contributed by atoms with van der Waals surface area (Å²) in [6.45, 7) is 2.79. The molecule has 0 radical (unpaired) electrons. The van der Waals surface area contributed by atoms with E-state index in [4.69, 9.17) is 18.9 Å². The van der Waals surface area contributed by atoms with Gasteiger partial charge >= 0.3 is 0 Å². The Morgan fingerprint density at radius 3 is 1.28 bits per heavy atom. The number of allylic oxidation sites excluding steroid dienone is 3. The average Bonchev–Trinajstić information content (AvgIpc) is 3.41. The molecule has 75 heavy (non-hydrogen) atoms. The fraction of sp³-hybridized carbons (Fsp3) is 0.918. The van der Waals surface area contributed by atoms with Crippen molar-refractivity contribution in [1.29, 1.82) is 0 Å². The van der Waals surface area contributed by atoms with Gasteiger partial charge in [-0.25, -0.2) is 0 Å². The molecule has 14 heteroatoms. The summed E-state index contributed by atoms with van der Waals surface area (Å²) in [7, 11) is 0. The summed E-state index contributed by atoms with van der Waals surface area (Å²) < 4.78 is 22.8. The maximum absolute atomic E-state index is 13.2. The SMILES string of the molecule is CCCCCC/C=C\CCCCCCCC(=O)NC(COC1OC(CO)C(OC2OC(CO)C(O)C(O)C2O)C(O)C1O)C(O)/C=C/CCCCCCCCCCCCCCCCCCCCCCCCCCCC. The molecule has 0 aromatic rings. The van der Waals surface area contributed by atoms with Crippen molar-refractivity contribution in [3.63, 3.8) is 0 Å². The molecule has 12 atom stereocenters. The first-order valence-electron chi connectivity index (χ1n) is 31.1. The van der Waals surface area contributed by atoms with E-state index < -0.39 is 86.8 Å². The summed E-state index contributed by atoms with van der Waals surface area (Å²) >= 11 is 0. The minimum Gasteiger partial charge on any atom is -0.394 e. The van der Waals surface area contributed by atoms with Crippen molar-refractivity contribution < 1.29 is 64.6 Å². The molecular formula is C61H115NO13. The first kappa shape index (κ1) is 69.6. The van der Waals surface area contributed by atoms with Crippen molar-refractivity contribution in [2.45, 2.75) is 338 Å². The standard InChI is InChI=1S/C61H115NO13/c1-3-5-7-9-11-13-15-17-18-19-20-21-22-23-24-25-26-27-28-29-30-31-33-34-36-38-40-42-44-50(65)49(62-53(66)45-43-41-39-37-35-32-16-14-12-10-8-6-4-2)48-72-60-58(71)56(69)59(52(47-64)74-60)75-61-57(70)55(68)54(67)51(46-63)73-61/h14,16,42,44,49-52,54-61,63-65,67-71H,3-13,15,17-41,43,45-48H2,1-2H3,(H,62,66)/b16-14-,44-42+. The van der Waals surface area contributed by atoms with Gasteiger partial charge in [-0.05, 0) is 44.9 Å². The number of carbonyl (C=O) groups is 1. The van der Waals surface area contributed by atoms with Crippen LogP contribution < -0.4 is 5.32 Å². The number of unbranched alkanes of at least 4 members (excludes halogenated alkanes) is 35. The number of nitrogens with one attached hydrogen (secondary N) is 1. The van der Waals surface area contributed by atoms with Gasteiger partial charge < -0.3 is 65.1 Å². The molecule has 2 aliphatic heterocycles. The van der Waals surface area contributed by atoms with Gasteiger partial charge in [0.1, 0.15) is 48.8 Å². The van der Waals surface area contributed by atoms with Gasteiger partial charge in [-0.1, -0.05) is 237 Å². The molecule has 0 aliphatic carbocycles. The highest BCUT2D eigenvalue weighted by molar-refractivity contribution is 5.76. The van der Waals surface area contributed by atoms with Crippen LogP contribution in [0, 0.1) is 0 Å². The number of hydrogen-bond donors (Lipinski definition) is 9. The Morgan fingerprint density at radius 2 is 0.840 bits per heavy atom. The lowest BCUT2D eigenvalue weighted by Gasteiger charge is -2.46. The molecule has 0 bridgehead atoms. The van der Waals surface area contributed by atoms with Crippen molar-refractivity contribution in [1.82, 2.24) is 5.32 Å². The quantitative estimate of drug-likeness (QED) is 0.0204. The van der Waals surface area contributed by atoms with Gasteiger partial charge in [0.05, 0.1) is 32.0 Å². The summed E-state index contributed by atoms with van der Waals surface area (Å²) in [5.74, 6) is -0.246. The van der Waals surface area contributed by atoms with Crippen LogP contribution in [0.2, 0.25) is 0 Å². The van der Waals surface area contributed by atoms with E-state index in [1.54, 1.807) is 6.08 Å². The maximum atomic E-state index is 13.2. The zero-order valence-electron chi connectivity index (χ0n) is 47.6. The molecule has 2 rings (SSSR count). The van der Waals surface area contributed by atoms with Crippen LogP contribution in [0.15, 0.2) is 24.3 Å². The molecule has 0 saturated carbocycles. The lowest BCUT2D eigenvalue weighted by Crippen LogP contribution is -2.65. The lowest BCUT2D eigenvalue weighted by molar-refractivity contribution is -0.359. The lowest BCUT2D eigenvalue weighted by atomic mass is 9.97. The van der Waals surface area contributed by atoms with Gasteiger partial charge in [0.25, 0.3) is 0 Å². The van der Waals surface area contributed by atoms with E-state index in [1.807, 2.05) is 6.08 Å². The first-order chi connectivity index (χ1) is 36.6. The highest BCUT2D eigenvalue weighted by Crippen LogP contribution is 2.30. The van der Waals surface area contributed by atoms with Crippen molar-refractivity contribution in [2.24, 2.45) is 0 Å². The molecule has 2 fully saturated rings. The largest absolute Gasteiger partial charge is 0.394 e. The van der Waals surface area contributed by atoms with Gasteiger partial charge in [0.15, 0.2) is 12.6 Å². The Labute approximate surface area is 456 Å². The van der Waals surface area contributed by atoms with Crippen molar-refractivity contribution >= 4 is 5.91 Å². The molecule has 2 aliphatic rings. The predicted molar refractivity (Wildman–Crippen MR) is 300 cm³/mol. The molecule has 0 aromatic heterocycles. The highest BCUT2D eigenvalue weighted by Gasteiger charge is 2.51. The molecule has 9 N–H and O–H groups in total. The van der Waals surface area contributed by atoms with Crippen LogP contribution in [0.3, 0.4) is 0 Å². The van der Waals surface area contributed by atoms with Gasteiger partial charge in [-0.15, -0.1) is 0 Å². The zero-order valence-corrected chi connectivity index (χ0v) is 47.6. The number of carbonyl (C=O) groups excluding carboxylic acids is 1. The molecular weight excluding hydrogens is 955 g/mol. The van der Waals surface area contributed by atoms with E-state index in [0.29, 0.717) is 6.42 Å². The predicted octanol–water partition coefficient (Wildman–Crippen LogP) is 10.8. The average molecular weight is 1070 g/mol. The van der Waals surface area contributed by atoms with Crippen LogP contribution in [-0.4, -0.2) is 140 Å². The second kappa shape index (κ2) is 47.3. The molecule has 442 valence electrons. The summed E-state index contributed by atoms with van der Waals surface area (Å²) in [6, 6.07) is -0.917. The molecule has 14 nitrogen and oxygen atoms in total. The van der Waals surface area contributed by atoms with E-state index in [9.17, 15) is 45.6 Å². The first-order valence-corrected chi connectivity index (χ1v) is 31.1. The van der Waals surface area contributed by atoms with Crippen molar-refractivity contribution in [2.75, 3.05) is 19.8 Å². The third-order valence-corrected chi connectivity index (χ3v) is 15.4. The summed E-state index contributed by atoms with van der Waals surface area (Å²) in [6.07, 6.45) is 39.5. The second-order valence-corrected chi connectivity index (χ2v) is 22.2. The maximum Gasteiger partial charge on any atom is 0.220 e. The minimum atomic E-state index is -1.79. The van der Waals surface area contributed by atoms with Crippen LogP contribution in [-0.2, 0) is 23.7 Å². The zero-order chi connectivity index (χ0) is 54.6. The molecule has 2 heterocycles. The topological polar surface area (TPSA) is 228 Å². The van der Waals surface area contributed by atoms with Crippen LogP contribution in [0.5, 0.6) is 0 Å². The Hall–Kier alpha value is -1.53. The molecule has 2 saturated heterocycles. The number of ether oxygens (including phenoxy) is 4.